The molecule has 3 rings (SSSR count). The molecule has 1 saturated carbocycles. The highest BCUT2D eigenvalue weighted by atomic mass is 15.3. The van der Waals surface area contributed by atoms with Crippen molar-refractivity contribution in [2.45, 2.75) is 65.0 Å². The van der Waals surface area contributed by atoms with E-state index in [1.807, 2.05) is 0 Å². The molecular formula is C15H25N3. The fourth-order valence-electron chi connectivity index (χ4n) is 3.58. The first-order valence-electron chi connectivity index (χ1n) is 7.60. The summed E-state index contributed by atoms with van der Waals surface area (Å²) in [5.41, 5.74) is 4.22. The molecule has 0 amide bonds. The minimum Gasteiger partial charge on any atom is -0.311 e. The number of nitrogens with one attached hydrogen (secondary N) is 1. The summed E-state index contributed by atoms with van der Waals surface area (Å²) in [4.78, 5) is 0. The van der Waals surface area contributed by atoms with Crippen LogP contribution in [0.15, 0.2) is 0 Å². The van der Waals surface area contributed by atoms with Crippen LogP contribution in [0.25, 0.3) is 0 Å². The van der Waals surface area contributed by atoms with Crippen molar-refractivity contribution in [2.24, 2.45) is 5.92 Å². The van der Waals surface area contributed by atoms with E-state index in [9.17, 15) is 0 Å². The van der Waals surface area contributed by atoms with Crippen molar-refractivity contribution in [1.29, 1.82) is 0 Å². The quantitative estimate of drug-likeness (QED) is 0.890. The number of fused-ring (bicyclic) bond motifs is 1. The van der Waals surface area contributed by atoms with E-state index in [1.54, 1.807) is 0 Å². The van der Waals surface area contributed by atoms with Crippen LogP contribution < -0.4 is 5.32 Å². The predicted molar refractivity (Wildman–Crippen MR) is 73.6 cm³/mol. The van der Waals surface area contributed by atoms with E-state index in [0.717, 1.165) is 32.0 Å². The lowest BCUT2D eigenvalue weighted by atomic mass is 9.87. The molecule has 1 aromatic rings. The predicted octanol–water partition coefficient (Wildman–Crippen LogP) is 2.81. The molecule has 2 heterocycles. The fraction of sp³-hybridized carbons (Fsp3) is 0.800. The molecular weight excluding hydrogens is 222 g/mol. The second kappa shape index (κ2) is 5.43. The molecule has 0 aromatic carbocycles. The Bertz CT molecular complexity index is 402. The average Bonchev–Trinajstić information content (AvgIpc) is 2.75. The maximum Gasteiger partial charge on any atom is 0.0629 e. The molecule has 1 N–H and O–H groups in total. The van der Waals surface area contributed by atoms with Gasteiger partial charge in [0.05, 0.1) is 11.4 Å². The SMILES string of the molecule is Cc1nn(CCC2CCCCC2)c2c1CCNC2. The van der Waals surface area contributed by atoms with Crippen molar-refractivity contribution < 1.29 is 0 Å². The van der Waals surface area contributed by atoms with E-state index < -0.39 is 0 Å². The van der Waals surface area contributed by atoms with Crippen molar-refractivity contribution in [2.75, 3.05) is 6.54 Å². The molecule has 18 heavy (non-hydrogen) atoms. The highest BCUT2D eigenvalue weighted by Crippen LogP contribution is 2.27. The van der Waals surface area contributed by atoms with Crippen LogP contribution in [0.1, 0.15) is 55.5 Å². The zero-order valence-corrected chi connectivity index (χ0v) is 11.5. The number of hydrogen-bond donors (Lipinski definition) is 1. The van der Waals surface area contributed by atoms with Gasteiger partial charge in [-0.3, -0.25) is 4.68 Å². The summed E-state index contributed by atoms with van der Waals surface area (Å²) >= 11 is 0. The van der Waals surface area contributed by atoms with Gasteiger partial charge in [-0.05, 0) is 37.8 Å². The van der Waals surface area contributed by atoms with E-state index in [0.29, 0.717) is 0 Å². The summed E-state index contributed by atoms with van der Waals surface area (Å²) in [6.45, 7) is 5.42. The van der Waals surface area contributed by atoms with Crippen LogP contribution in [0, 0.1) is 12.8 Å². The maximum absolute atomic E-state index is 4.75. The molecule has 1 aliphatic heterocycles. The summed E-state index contributed by atoms with van der Waals surface area (Å²) in [5.74, 6) is 0.954. The molecule has 1 aromatic heterocycles. The first-order chi connectivity index (χ1) is 8.84. The first-order valence-corrected chi connectivity index (χ1v) is 7.60. The standard InChI is InChI=1S/C15H25N3/c1-12-14-7-9-16-11-15(14)18(17-12)10-8-13-5-3-2-4-6-13/h13,16H,2-11H2,1H3. The molecule has 1 aliphatic carbocycles. The van der Waals surface area contributed by atoms with Gasteiger partial charge in [0.1, 0.15) is 0 Å². The van der Waals surface area contributed by atoms with Crippen LogP contribution in [0.2, 0.25) is 0 Å². The van der Waals surface area contributed by atoms with E-state index >= 15 is 0 Å². The molecule has 0 spiro atoms. The number of aromatic nitrogens is 2. The highest BCUT2D eigenvalue weighted by Gasteiger charge is 2.19. The van der Waals surface area contributed by atoms with Gasteiger partial charge in [0.15, 0.2) is 0 Å². The number of nitrogens with zero attached hydrogens (tertiary/aromatic N) is 2. The summed E-state index contributed by atoms with van der Waals surface area (Å²) in [6.07, 6.45) is 9.72. The second-order valence-electron chi connectivity index (χ2n) is 5.95. The van der Waals surface area contributed by atoms with Gasteiger partial charge in [0, 0.05) is 13.1 Å². The monoisotopic (exact) mass is 247 g/mol. The molecule has 3 heteroatoms. The Morgan fingerprint density at radius 3 is 2.94 bits per heavy atom. The topological polar surface area (TPSA) is 29.9 Å². The van der Waals surface area contributed by atoms with Crippen LogP contribution in [0.3, 0.4) is 0 Å². The van der Waals surface area contributed by atoms with Crippen LogP contribution in [-0.2, 0) is 19.5 Å². The average molecular weight is 247 g/mol. The lowest BCUT2D eigenvalue weighted by molar-refractivity contribution is 0.316. The molecule has 0 saturated heterocycles. The molecule has 3 nitrogen and oxygen atoms in total. The van der Waals surface area contributed by atoms with Gasteiger partial charge in [-0.15, -0.1) is 0 Å². The molecule has 0 atom stereocenters. The molecule has 100 valence electrons. The lowest BCUT2D eigenvalue weighted by Gasteiger charge is -2.22. The molecule has 1 fully saturated rings. The third-order valence-electron chi connectivity index (χ3n) is 4.69. The van der Waals surface area contributed by atoms with Crippen molar-refractivity contribution in [3.05, 3.63) is 17.0 Å². The Morgan fingerprint density at radius 1 is 1.28 bits per heavy atom. The zero-order chi connectivity index (χ0) is 12.4. The Kier molecular flexibility index (Phi) is 3.69. The number of rotatable bonds is 3. The van der Waals surface area contributed by atoms with E-state index in [4.69, 9.17) is 5.10 Å². The zero-order valence-electron chi connectivity index (χ0n) is 11.5. The van der Waals surface area contributed by atoms with Crippen molar-refractivity contribution in [3.63, 3.8) is 0 Å². The summed E-state index contributed by atoms with van der Waals surface area (Å²) in [5, 5.41) is 8.23. The first kappa shape index (κ1) is 12.2. The van der Waals surface area contributed by atoms with Crippen molar-refractivity contribution in [3.8, 4) is 0 Å². The van der Waals surface area contributed by atoms with Crippen molar-refractivity contribution >= 4 is 0 Å². The molecule has 2 aliphatic rings. The number of aryl methyl sites for hydroxylation is 2. The normalized spacial score (nSPS) is 20.9. The summed E-state index contributed by atoms with van der Waals surface area (Å²) in [6, 6.07) is 0. The fourth-order valence-corrected chi connectivity index (χ4v) is 3.58. The van der Waals surface area contributed by atoms with Gasteiger partial charge in [0.2, 0.25) is 0 Å². The van der Waals surface area contributed by atoms with Crippen LogP contribution in [-0.4, -0.2) is 16.3 Å². The third-order valence-corrected chi connectivity index (χ3v) is 4.69. The summed E-state index contributed by atoms with van der Waals surface area (Å²) in [7, 11) is 0. The van der Waals surface area contributed by atoms with Crippen molar-refractivity contribution in [1.82, 2.24) is 15.1 Å². The smallest absolute Gasteiger partial charge is 0.0629 e. The largest absolute Gasteiger partial charge is 0.311 e. The molecule has 0 bridgehead atoms. The van der Waals surface area contributed by atoms with E-state index in [2.05, 4.69) is 16.9 Å². The Labute approximate surface area is 110 Å². The molecule has 0 radical (unpaired) electrons. The highest BCUT2D eigenvalue weighted by molar-refractivity contribution is 5.27. The van der Waals surface area contributed by atoms with Crippen LogP contribution in [0.5, 0.6) is 0 Å². The van der Waals surface area contributed by atoms with Gasteiger partial charge in [-0.1, -0.05) is 32.1 Å². The molecule has 0 unspecified atom stereocenters. The number of hydrogen-bond acceptors (Lipinski definition) is 2. The third kappa shape index (κ3) is 2.46. The van der Waals surface area contributed by atoms with Gasteiger partial charge in [-0.25, -0.2) is 0 Å². The Hall–Kier alpha value is -0.830. The minimum atomic E-state index is 0.954. The minimum absolute atomic E-state index is 0.954. The van der Waals surface area contributed by atoms with Gasteiger partial charge >= 0.3 is 0 Å². The van der Waals surface area contributed by atoms with Gasteiger partial charge < -0.3 is 5.32 Å². The lowest BCUT2D eigenvalue weighted by Crippen LogP contribution is -2.25. The van der Waals surface area contributed by atoms with Crippen LogP contribution >= 0.6 is 0 Å². The Morgan fingerprint density at radius 2 is 2.11 bits per heavy atom. The second-order valence-corrected chi connectivity index (χ2v) is 5.95. The van der Waals surface area contributed by atoms with Gasteiger partial charge in [0.25, 0.3) is 0 Å². The van der Waals surface area contributed by atoms with E-state index in [-0.39, 0.29) is 0 Å². The van der Waals surface area contributed by atoms with Gasteiger partial charge in [-0.2, -0.15) is 5.10 Å². The Balaban J connectivity index is 1.65. The van der Waals surface area contributed by atoms with E-state index in [1.165, 1.54) is 55.5 Å². The summed E-state index contributed by atoms with van der Waals surface area (Å²) < 4.78 is 2.28. The van der Waals surface area contributed by atoms with Crippen LogP contribution in [0.4, 0.5) is 0 Å². The maximum atomic E-state index is 4.75.